The van der Waals surface area contributed by atoms with Crippen molar-refractivity contribution in [3.8, 4) is 5.88 Å². The molecular formula is C13H11N5O3. The Morgan fingerprint density at radius 2 is 2.24 bits per heavy atom. The molecule has 0 unspecified atom stereocenters. The summed E-state index contributed by atoms with van der Waals surface area (Å²) in [6.45, 7) is 1.70. The second-order valence-corrected chi connectivity index (χ2v) is 4.56. The van der Waals surface area contributed by atoms with E-state index in [1.54, 1.807) is 25.4 Å². The van der Waals surface area contributed by atoms with Crippen LogP contribution in [0.1, 0.15) is 16.8 Å². The zero-order valence-electron chi connectivity index (χ0n) is 11.1. The maximum atomic E-state index is 10.9. The Balaban J connectivity index is 2.14. The van der Waals surface area contributed by atoms with Crippen LogP contribution in [0.25, 0.3) is 5.65 Å². The molecule has 0 saturated heterocycles. The minimum absolute atomic E-state index is 0.0323. The summed E-state index contributed by atoms with van der Waals surface area (Å²) in [7, 11) is 0. The third-order valence-corrected chi connectivity index (χ3v) is 3.21. The molecule has 0 aliphatic heterocycles. The zero-order valence-corrected chi connectivity index (χ0v) is 11.1. The molecule has 3 aromatic heterocycles. The molecule has 3 heterocycles. The highest BCUT2D eigenvalue weighted by atomic mass is 16.6. The molecule has 21 heavy (non-hydrogen) atoms. The van der Waals surface area contributed by atoms with Crippen molar-refractivity contribution in [3.63, 3.8) is 0 Å². The molecule has 0 aliphatic rings. The van der Waals surface area contributed by atoms with Gasteiger partial charge < -0.3 is 5.11 Å². The van der Waals surface area contributed by atoms with Gasteiger partial charge in [0.2, 0.25) is 11.5 Å². The Morgan fingerprint density at radius 3 is 2.90 bits per heavy atom. The second-order valence-electron chi connectivity index (χ2n) is 4.56. The molecule has 0 radical (unpaired) electrons. The molecular weight excluding hydrogens is 274 g/mol. The average Bonchev–Trinajstić information content (AvgIpc) is 2.88. The Labute approximate surface area is 118 Å². The van der Waals surface area contributed by atoms with Crippen molar-refractivity contribution >= 4 is 11.3 Å². The third kappa shape index (κ3) is 2.16. The average molecular weight is 285 g/mol. The summed E-state index contributed by atoms with van der Waals surface area (Å²) in [5.74, 6) is -0.144. The van der Waals surface area contributed by atoms with Crippen LogP contribution in [0.5, 0.6) is 5.88 Å². The lowest BCUT2D eigenvalue weighted by molar-refractivity contribution is -0.383. The molecule has 3 rings (SSSR count). The maximum absolute atomic E-state index is 10.9. The van der Waals surface area contributed by atoms with Crippen molar-refractivity contribution in [1.29, 1.82) is 0 Å². The number of nitro groups is 1. The highest BCUT2D eigenvalue weighted by Crippen LogP contribution is 2.27. The normalized spacial score (nSPS) is 10.9. The summed E-state index contributed by atoms with van der Waals surface area (Å²) in [5, 5.41) is 25.0. The van der Waals surface area contributed by atoms with Gasteiger partial charge >= 0.3 is 5.69 Å². The summed E-state index contributed by atoms with van der Waals surface area (Å²) in [6, 6.07) is 3.67. The van der Waals surface area contributed by atoms with Gasteiger partial charge in [0.25, 0.3) is 0 Å². The minimum atomic E-state index is -0.574. The molecule has 0 fully saturated rings. The van der Waals surface area contributed by atoms with Crippen molar-refractivity contribution < 1.29 is 10.0 Å². The highest BCUT2D eigenvalue weighted by Gasteiger charge is 2.21. The van der Waals surface area contributed by atoms with E-state index < -0.39 is 4.92 Å². The van der Waals surface area contributed by atoms with Gasteiger partial charge in [-0.1, -0.05) is 6.07 Å². The van der Waals surface area contributed by atoms with Crippen LogP contribution < -0.4 is 0 Å². The van der Waals surface area contributed by atoms with Crippen molar-refractivity contribution in [2.45, 2.75) is 13.3 Å². The Bertz CT molecular complexity index is 829. The van der Waals surface area contributed by atoms with Crippen LogP contribution >= 0.6 is 0 Å². The van der Waals surface area contributed by atoms with Gasteiger partial charge in [-0.15, -0.1) is 0 Å². The maximum Gasteiger partial charge on any atom is 0.333 e. The number of aromatic nitrogens is 4. The van der Waals surface area contributed by atoms with Gasteiger partial charge in [0.05, 0.1) is 4.92 Å². The third-order valence-electron chi connectivity index (χ3n) is 3.21. The second kappa shape index (κ2) is 4.82. The smallest absolute Gasteiger partial charge is 0.333 e. The number of nitrogens with zero attached hydrogens (tertiary/aromatic N) is 5. The van der Waals surface area contributed by atoms with Gasteiger partial charge in [-0.2, -0.15) is 9.61 Å². The van der Waals surface area contributed by atoms with Crippen molar-refractivity contribution in [1.82, 2.24) is 19.6 Å². The monoisotopic (exact) mass is 285 g/mol. The van der Waals surface area contributed by atoms with Crippen LogP contribution in [-0.4, -0.2) is 29.6 Å². The fourth-order valence-corrected chi connectivity index (χ4v) is 2.15. The first-order chi connectivity index (χ1) is 10.1. The molecule has 0 aromatic carbocycles. The Hall–Kier alpha value is -3.03. The zero-order chi connectivity index (χ0) is 15.0. The van der Waals surface area contributed by atoms with Crippen LogP contribution in [0.3, 0.4) is 0 Å². The quantitative estimate of drug-likeness (QED) is 0.579. The summed E-state index contributed by atoms with van der Waals surface area (Å²) < 4.78 is 1.08. The van der Waals surface area contributed by atoms with Crippen molar-refractivity contribution in [2.75, 3.05) is 0 Å². The van der Waals surface area contributed by atoms with Crippen LogP contribution in [0.15, 0.2) is 30.7 Å². The molecule has 106 valence electrons. The lowest BCUT2D eigenvalue weighted by Gasteiger charge is -2.08. The van der Waals surface area contributed by atoms with Crippen LogP contribution in [-0.2, 0) is 6.42 Å². The SMILES string of the molecule is Cc1nc2c([N+](=O)[O-])cnn2c(O)c1Cc1cccnc1. The fraction of sp³-hybridized carbons (Fsp3) is 0.154. The molecule has 0 amide bonds. The van der Waals surface area contributed by atoms with E-state index in [9.17, 15) is 15.2 Å². The van der Waals surface area contributed by atoms with E-state index in [4.69, 9.17) is 0 Å². The van der Waals surface area contributed by atoms with E-state index in [1.807, 2.05) is 6.07 Å². The van der Waals surface area contributed by atoms with E-state index in [-0.39, 0.29) is 17.2 Å². The number of aromatic hydroxyl groups is 1. The predicted octanol–water partition coefficient (Wildman–Crippen LogP) is 1.64. The number of aryl methyl sites for hydroxylation is 1. The molecule has 0 spiro atoms. The van der Waals surface area contributed by atoms with Crippen molar-refractivity contribution in [3.05, 3.63) is 57.7 Å². The summed E-state index contributed by atoms with van der Waals surface area (Å²) >= 11 is 0. The van der Waals surface area contributed by atoms with Gasteiger partial charge in [-0.05, 0) is 18.6 Å². The Morgan fingerprint density at radius 1 is 1.43 bits per heavy atom. The first-order valence-corrected chi connectivity index (χ1v) is 6.17. The lowest BCUT2D eigenvalue weighted by atomic mass is 10.1. The molecule has 0 atom stereocenters. The Kier molecular flexibility index (Phi) is 2.98. The molecule has 3 aromatic rings. The number of hydrogen-bond donors (Lipinski definition) is 1. The number of rotatable bonds is 3. The summed E-state index contributed by atoms with van der Waals surface area (Å²) in [4.78, 5) is 18.5. The van der Waals surface area contributed by atoms with Gasteiger partial charge in [0.1, 0.15) is 6.20 Å². The molecule has 8 heteroatoms. The van der Waals surface area contributed by atoms with Gasteiger partial charge in [0, 0.05) is 30.1 Å². The number of hydrogen-bond acceptors (Lipinski definition) is 6. The summed E-state index contributed by atoms with van der Waals surface area (Å²) in [6.07, 6.45) is 4.85. The van der Waals surface area contributed by atoms with Crippen LogP contribution in [0.2, 0.25) is 0 Å². The lowest BCUT2D eigenvalue weighted by Crippen LogP contribution is -2.03. The highest BCUT2D eigenvalue weighted by molar-refractivity contribution is 5.61. The minimum Gasteiger partial charge on any atom is -0.493 e. The van der Waals surface area contributed by atoms with E-state index >= 15 is 0 Å². The molecule has 8 nitrogen and oxygen atoms in total. The fourth-order valence-electron chi connectivity index (χ4n) is 2.15. The predicted molar refractivity (Wildman–Crippen MR) is 73.1 cm³/mol. The summed E-state index contributed by atoms with van der Waals surface area (Å²) in [5.41, 5.74) is 1.78. The topological polar surface area (TPSA) is 106 Å². The van der Waals surface area contributed by atoms with E-state index in [1.165, 1.54) is 0 Å². The van der Waals surface area contributed by atoms with E-state index in [2.05, 4.69) is 15.1 Å². The van der Waals surface area contributed by atoms with Gasteiger partial charge in [-0.3, -0.25) is 15.1 Å². The van der Waals surface area contributed by atoms with Crippen LogP contribution in [0, 0.1) is 17.0 Å². The van der Waals surface area contributed by atoms with Crippen molar-refractivity contribution in [2.24, 2.45) is 0 Å². The van der Waals surface area contributed by atoms with Crippen LogP contribution in [0.4, 0.5) is 5.69 Å². The largest absolute Gasteiger partial charge is 0.493 e. The molecule has 0 aliphatic carbocycles. The number of pyridine rings is 1. The van der Waals surface area contributed by atoms with E-state index in [0.29, 0.717) is 17.7 Å². The first kappa shape index (κ1) is 13.0. The molecule has 0 bridgehead atoms. The first-order valence-electron chi connectivity index (χ1n) is 6.17. The van der Waals surface area contributed by atoms with E-state index in [0.717, 1.165) is 16.3 Å². The number of fused-ring (bicyclic) bond motifs is 1. The van der Waals surface area contributed by atoms with Gasteiger partial charge in [-0.25, -0.2) is 4.98 Å². The molecule has 1 N–H and O–H groups in total. The molecule has 0 saturated carbocycles. The van der Waals surface area contributed by atoms with Gasteiger partial charge in [0.15, 0.2) is 0 Å². The standard InChI is InChI=1S/C13H11N5O3/c1-8-10(5-9-3-2-4-14-6-9)13(19)17-12(16-8)11(7-15-17)18(20)21/h2-4,6-7,19H,5H2,1H3.